The van der Waals surface area contributed by atoms with Gasteiger partial charge >= 0.3 is 12.1 Å². The van der Waals surface area contributed by atoms with Crippen molar-refractivity contribution in [3.63, 3.8) is 0 Å². The molecule has 1 aromatic rings. The highest BCUT2D eigenvalue weighted by atomic mass is 35.5. The number of halogens is 5. The lowest BCUT2D eigenvalue weighted by Crippen LogP contribution is -2.42. The van der Waals surface area contributed by atoms with Crippen molar-refractivity contribution in [2.75, 3.05) is 13.2 Å². The van der Waals surface area contributed by atoms with Gasteiger partial charge in [0.1, 0.15) is 19.0 Å². The number of hydrogen-bond donors (Lipinski definition) is 2. The van der Waals surface area contributed by atoms with Crippen molar-refractivity contribution in [1.29, 1.82) is 0 Å². The standard InChI is InChI=1S/C14H11Cl2F3O7/c15-7-1-6-2-9(13(20)25-8(4-23-21)5-24-22)12(14(17,18)19)26-11(6)10(16)3-7/h1-3,8,12,21-22H,4-5H2/t12-/m0/s1. The van der Waals surface area contributed by atoms with E-state index in [1.807, 2.05) is 0 Å². The van der Waals surface area contributed by atoms with Gasteiger partial charge in [-0.2, -0.15) is 13.2 Å². The van der Waals surface area contributed by atoms with Crippen LogP contribution >= 0.6 is 23.2 Å². The molecule has 12 heteroatoms. The molecule has 0 aromatic heterocycles. The molecule has 2 N–H and O–H groups in total. The van der Waals surface area contributed by atoms with E-state index in [1.165, 1.54) is 12.1 Å². The van der Waals surface area contributed by atoms with Gasteiger partial charge in [0.05, 0.1) is 10.6 Å². The van der Waals surface area contributed by atoms with Crippen molar-refractivity contribution in [2.45, 2.75) is 18.4 Å². The smallest absolute Gasteiger partial charge is 0.430 e. The first-order chi connectivity index (χ1) is 12.2. The summed E-state index contributed by atoms with van der Waals surface area (Å²) in [5.74, 6) is -1.71. The van der Waals surface area contributed by atoms with E-state index in [-0.39, 0.29) is 21.4 Å². The van der Waals surface area contributed by atoms with Crippen LogP contribution < -0.4 is 4.74 Å². The van der Waals surface area contributed by atoms with E-state index in [1.54, 1.807) is 0 Å². The number of carbonyl (C=O) groups excluding carboxylic acids is 1. The predicted octanol–water partition coefficient (Wildman–Crippen LogP) is 3.59. The highest BCUT2D eigenvalue weighted by molar-refractivity contribution is 6.36. The monoisotopic (exact) mass is 418 g/mol. The second kappa shape index (κ2) is 8.42. The molecule has 1 aliphatic heterocycles. The number of hydrogen-bond acceptors (Lipinski definition) is 7. The number of fused-ring (bicyclic) bond motifs is 1. The maximum atomic E-state index is 13.3. The van der Waals surface area contributed by atoms with Crippen LogP contribution in [-0.4, -0.2) is 48.1 Å². The minimum absolute atomic E-state index is 0.0447. The summed E-state index contributed by atoms with van der Waals surface area (Å²) >= 11 is 11.7. The Bertz CT molecular complexity index is 703. The van der Waals surface area contributed by atoms with E-state index in [0.717, 1.165) is 6.08 Å². The van der Waals surface area contributed by atoms with Gasteiger partial charge in [0.25, 0.3) is 0 Å². The largest absolute Gasteiger partial charge is 0.474 e. The van der Waals surface area contributed by atoms with Crippen molar-refractivity contribution in [3.8, 4) is 5.75 Å². The summed E-state index contributed by atoms with van der Waals surface area (Å²) in [5, 5.41) is 16.7. The van der Waals surface area contributed by atoms with Gasteiger partial charge in [-0.3, -0.25) is 10.5 Å². The summed E-state index contributed by atoms with van der Waals surface area (Å²) in [6.45, 7) is -1.29. The lowest BCUT2D eigenvalue weighted by molar-refractivity contribution is -0.291. The van der Waals surface area contributed by atoms with E-state index < -0.39 is 43.1 Å². The predicted molar refractivity (Wildman–Crippen MR) is 82.0 cm³/mol. The molecule has 144 valence electrons. The normalized spacial score (nSPS) is 16.8. The first-order valence-corrected chi connectivity index (χ1v) is 7.60. The molecule has 0 aliphatic carbocycles. The molecule has 1 aromatic carbocycles. The molecule has 1 atom stereocenters. The quantitative estimate of drug-likeness (QED) is 0.414. The van der Waals surface area contributed by atoms with Gasteiger partial charge in [-0.25, -0.2) is 14.6 Å². The van der Waals surface area contributed by atoms with Crippen LogP contribution in [0.5, 0.6) is 5.75 Å². The van der Waals surface area contributed by atoms with Gasteiger partial charge in [-0.05, 0) is 18.2 Å². The molecular formula is C14H11Cl2F3O7. The van der Waals surface area contributed by atoms with Crippen molar-refractivity contribution >= 4 is 35.2 Å². The summed E-state index contributed by atoms with van der Waals surface area (Å²) in [4.78, 5) is 19.7. The minimum atomic E-state index is -4.96. The molecule has 0 saturated heterocycles. The van der Waals surface area contributed by atoms with E-state index in [0.29, 0.717) is 0 Å². The molecule has 0 radical (unpaired) electrons. The Hall–Kier alpha value is -1.56. The topological polar surface area (TPSA) is 94.5 Å². The number of carbonyl (C=O) groups is 1. The van der Waals surface area contributed by atoms with Gasteiger partial charge < -0.3 is 9.47 Å². The Morgan fingerprint density at radius 3 is 2.38 bits per heavy atom. The average molecular weight is 419 g/mol. The molecule has 0 amide bonds. The van der Waals surface area contributed by atoms with E-state index >= 15 is 0 Å². The van der Waals surface area contributed by atoms with Gasteiger partial charge in [0.15, 0.2) is 6.10 Å². The van der Waals surface area contributed by atoms with Gasteiger partial charge in [-0.1, -0.05) is 23.2 Å². The van der Waals surface area contributed by atoms with Crippen LogP contribution in [0.2, 0.25) is 10.0 Å². The van der Waals surface area contributed by atoms with Crippen molar-refractivity contribution in [3.05, 3.63) is 33.3 Å². The summed E-state index contributed by atoms with van der Waals surface area (Å²) in [5.41, 5.74) is -0.840. The highest BCUT2D eigenvalue weighted by Crippen LogP contribution is 2.42. The first-order valence-electron chi connectivity index (χ1n) is 6.85. The van der Waals surface area contributed by atoms with Crippen LogP contribution in [0.25, 0.3) is 6.08 Å². The van der Waals surface area contributed by atoms with Crippen molar-refractivity contribution in [2.24, 2.45) is 0 Å². The Labute approximate surface area is 154 Å². The van der Waals surface area contributed by atoms with Crippen LogP contribution in [0, 0.1) is 0 Å². The molecule has 1 heterocycles. The molecule has 1 aliphatic rings. The second-order valence-electron chi connectivity index (χ2n) is 5.06. The summed E-state index contributed by atoms with van der Waals surface area (Å²) in [6, 6.07) is 2.45. The van der Waals surface area contributed by atoms with Crippen molar-refractivity contribution in [1.82, 2.24) is 0 Å². The summed E-state index contributed by atoms with van der Waals surface area (Å²) in [6.07, 6.45) is -8.10. The molecule has 0 bridgehead atoms. The molecule has 2 rings (SSSR count). The van der Waals surface area contributed by atoms with Crippen molar-refractivity contribution < 1.29 is 47.7 Å². The zero-order valence-electron chi connectivity index (χ0n) is 12.6. The van der Waals surface area contributed by atoms with Crippen LogP contribution in [-0.2, 0) is 19.3 Å². The Balaban J connectivity index is 2.40. The zero-order chi connectivity index (χ0) is 19.5. The SMILES string of the molecule is O=C(OC(COO)COO)C1=Cc2cc(Cl)cc(Cl)c2O[C@@H]1C(F)(F)F. The number of ether oxygens (including phenoxy) is 2. The second-order valence-corrected chi connectivity index (χ2v) is 5.91. The first kappa shape index (κ1) is 20.7. The summed E-state index contributed by atoms with van der Waals surface area (Å²) in [7, 11) is 0. The fraction of sp³-hybridized carbons (Fsp3) is 0.357. The fourth-order valence-corrected chi connectivity index (χ4v) is 2.70. The third-order valence-corrected chi connectivity index (χ3v) is 3.69. The fourth-order valence-electron chi connectivity index (χ4n) is 2.15. The molecule has 0 saturated carbocycles. The molecule has 7 nitrogen and oxygen atoms in total. The molecule has 0 fully saturated rings. The molecule has 26 heavy (non-hydrogen) atoms. The number of esters is 1. The van der Waals surface area contributed by atoms with Crippen LogP contribution in [0.4, 0.5) is 13.2 Å². The van der Waals surface area contributed by atoms with Crippen LogP contribution in [0.1, 0.15) is 5.56 Å². The Morgan fingerprint density at radius 2 is 1.85 bits per heavy atom. The van der Waals surface area contributed by atoms with Crippen LogP contribution in [0.3, 0.4) is 0 Å². The molecule has 0 unspecified atom stereocenters. The maximum absolute atomic E-state index is 13.3. The van der Waals surface area contributed by atoms with E-state index in [9.17, 15) is 18.0 Å². The Kier molecular flexibility index (Phi) is 6.72. The molecule has 0 spiro atoms. The molecular weight excluding hydrogens is 408 g/mol. The van der Waals surface area contributed by atoms with Crippen LogP contribution in [0.15, 0.2) is 17.7 Å². The van der Waals surface area contributed by atoms with Gasteiger partial charge in [-0.15, -0.1) is 0 Å². The maximum Gasteiger partial charge on any atom is 0.430 e. The average Bonchev–Trinajstić information content (AvgIpc) is 2.53. The number of benzene rings is 1. The third kappa shape index (κ3) is 4.78. The lowest BCUT2D eigenvalue weighted by atomic mass is 10.0. The van der Waals surface area contributed by atoms with Gasteiger partial charge in [0.2, 0.25) is 6.10 Å². The number of alkyl halides is 3. The highest BCUT2D eigenvalue weighted by Gasteiger charge is 2.49. The van der Waals surface area contributed by atoms with E-state index in [4.69, 9.17) is 43.2 Å². The third-order valence-electron chi connectivity index (χ3n) is 3.19. The minimum Gasteiger partial charge on any atom is -0.474 e. The van der Waals surface area contributed by atoms with E-state index in [2.05, 4.69) is 9.78 Å². The lowest BCUT2D eigenvalue weighted by Gasteiger charge is -2.29. The zero-order valence-corrected chi connectivity index (χ0v) is 14.1. The van der Waals surface area contributed by atoms with Gasteiger partial charge in [0, 0.05) is 10.6 Å². The Morgan fingerprint density at radius 1 is 1.23 bits per heavy atom. The summed E-state index contributed by atoms with van der Waals surface area (Å²) < 4.78 is 49.6. The number of rotatable bonds is 6.